The Morgan fingerprint density at radius 3 is 1.65 bits per heavy atom. The maximum atomic E-state index is 12.9. The molecular formula is C15H26N2O3. The van der Waals surface area contributed by atoms with Crippen LogP contribution in [0, 0.1) is 0 Å². The molecule has 1 spiro atoms. The van der Waals surface area contributed by atoms with Crippen molar-refractivity contribution in [3.8, 4) is 0 Å². The van der Waals surface area contributed by atoms with E-state index >= 15 is 0 Å². The van der Waals surface area contributed by atoms with Gasteiger partial charge in [-0.05, 0) is 54.4 Å². The normalized spacial score (nSPS) is 32.5. The molecule has 2 heterocycles. The lowest BCUT2D eigenvalue weighted by molar-refractivity contribution is -0.354. The number of carbonyl (C=O) groups excluding carboxylic acids is 1. The summed E-state index contributed by atoms with van der Waals surface area (Å²) in [5.74, 6) is 0.132. The van der Waals surface area contributed by atoms with Gasteiger partial charge in [0, 0.05) is 23.9 Å². The van der Waals surface area contributed by atoms with Crippen molar-refractivity contribution in [2.24, 2.45) is 0 Å². The summed E-state index contributed by atoms with van der Waals surface area (Å²) in [7, 11) is 0. The van der Waals surface area contributed by atoms with Crippen molar-refractivity contribution in [1.82, 2.24) is 10.1 Å². The molecule has 2 aliphatic rings. The summed E-state index contributed by atoms with van der Waals surface area (Å²) in [4.78, 5) is 12.1. The molecule has 0 amide bonds. The van der Waals surface area contributed by atoms with E-state index in [9.17, 15) is 15.2 Å². The average Bonchev–Trinajstić information content (AvgIpc) is 2.21. The molecule has 0 N–H and O–H groups in total. The van der Waals surface area contributed by atoms with Crippen LogP contribution in [0.2, 0.25) is 0 Å². The molecule has 0 bridgehead atoms. The van der Waals surface area contributed by atoms with Crippen molar-refractivity contribution in [2.75, 3.05) is 0 Å². The first kappa shape index (κ1) is 15.9. The molecule has 0 aromatic heterocycles. The quantitative estimate of drug-likeness (QED) is 0.685. The lowest BCUT2D eigenvalue weighted by atomic mass is 9.64. The van der Waals surface area contributed by atoms with Crippen molar-refractivity contribution in [3.63, 3.8) is 0 Å². The van der Waals surface area contributed by atoms with E-state index < -0.39 is 22.2 Å². The summed E-state index contributed by atoms with van der Waals surface area (Å²) in [5, 5.41) is 27.6. The summed E-state index contributed by atoms with van der Waals surface area (Å²) in [6, 6.07) is 0. The Morgan fingerprint density at radius 2 is 1.20 bits per heavy atom. The zero-order chi connectivity index (χ0) is 15.6. The lowest BCUT2D eigenvalue weighted by Crippen LogP contribution is -2.72. The van der Waals surface area contributed by atoms with Crippen molar-refractivity contribution >= 4 is 5.78 Å². The molecule has 5 nitrogen and oxygen atoms in total. The van der Waals surface area contributed by atoms with Gasteiger partial charge in [0.1, 0.15) is 5.78 Å². The zero-order valence-corrected chi connectivity index (χ0v) is 13.4. The molecule has 2 aliphatic heterocycles. The van der Waals surface area contributed by atoms with Crippen molar-refractivity contribution in [3.05, 3.63) is 0 Å². The Kier molecular flexibility index (Phi) is 3.38. The number of piperidine rings is 2. The van der Waals surface area contributed by atoms with E-state index in [2.05, 4.69) is 0 Å². The fourth-order valence-electron chi connectivity index (χ4n) is 4.60. The Morgan fingerprint density at radius 1 is 0.750 bits per heavy atom. The van der Waals surface area contributed by atoms with Gasteiger partial charge in [-0.25, -0.2) is 0 Å². The van der Waals surface area contributed by atoms with Crippen LogP contribution in [-0.4, -0.2) is 38.1 Å². The van der Waals surface area contributed by atoms with Crippen LogP contribution in [0.4, 0.5) is 0 Å². The van der Waals surface area contributed by atoms with E-state index in [0.29, 0.717) is 19.3 Å². The molecule has 0 aromatic rings. The van der Waals surface area contributed by atoms with E-state index in [4.69, 9.17) is 0 Å². The number of hydrogen-bond donors (Lipinski definition) is 0. The molecule has 2 saturated heterocycles. The second kappa shape index (κ2) is 4.26. The summed E-state index contributed by atoms with van der Waals surface area (Å²) >= 11 is 0. The molecule has 0 saturated carbocycles. The highest BCUT2D eigenvalue weighted by atomic mass is 16.5. The third-order valence-corrected chi connectivity index (χ3v) is 4.76. The number of hydroxylamine groups is 4. The molecule has 0 unspecified atom stereocenters. The monoisotopic (exact) mass is 282 g/mol. The van der Waals surface area contributed by atoms with E-state index in [1.165, 1.54) is 0 Å². The van der Waals surface area contributed by atoms with Crippen LogP contribution >= 0.6 is 0 Å². The fourth-order valence-corrected chi connectivity index (χ4v) is 4.60. The Balaban J connectivity index is 2.46. The van der Waals surface area contributed by atoms with Crippen LogP contribution < -0.4 is 0 Å². The fraction of sp³-hybridized carbons (Fsp3) is 0.933. The summed E-state index contributed by atoms with van der Waals surface area (Å²) in [6.07, 6.45) is 1.43. The molecule has 0 atom stereocenters. The predicted octanol–water partition coefficient (Wildman–Crippen LogP) is 2.51. The molecular weight excluding hydrogens is 256 g/mol. The molecule has 5 heteroatoms. The van der Waals surface area contributed by atoms with Gasteiger partial charge in [-0.3, -0.25) is 4.79 Å². The van der Waals surface area contributed by atoms with Gasteiger partial charge in [0.05, 0.1) is 11.1 Å². The van der Waals surface area contributed by atoms with E-state index in [0.717, 1.165) is 10.1 Å². The minimum absolute atomic E-state index is 0.132. The maximum Gasteiger partial charge on any atom is 0.136 e. The second-order valence-electron chi connectivity index (χ2n) is 8.50. The number of carbonyl (C=O) groups is 1. The number of hydrogen-bond acceptors (Lipinski definition) is 3. The van der Waals surface area contributed by atoms with Gasteiger partial charge in [-0.15, -0.1) is 20.5 Å². The highest BCUT2D eigenvalue weighted by Crippen LogP contribution is 2.50. The molecule has 2 rings (SSSR count). The van der Waals surface area contributed by atoms with Crippen molar-refractivity contribution in [1.29, 1.82) is 0 Å². The van der Waals surface area contributed by atoms with E-state index in [1.807, 2.05) is 41.5 Å². The third-order valence-electron chi connectivity index (χ3n) is 4.76. The molecule has 2 radical (unpaired) electrons. The van der Waals surface area contributed by atoms with Gasteiger partial charge in [-0.1, -0.05) is 0 Å². The van der Waals surface area contributed by atoms with Crippen LogP contribution in [0.5, 0.6) is 0 Å². The second-order valence-corrected chi connectivity index (χ2v) is 8.50. The number of Topliss-reactive ketones (excluding diaryl/α,β-unsaturated/α-hetero) is 1. The maximum absolute atomic E-state index is 12.9. The van der Waals surface area contributed by atoms with Crippen LogP contribution in [0.3, 0.4) is 0 Å². The zero-order valence-electron chi connectivity index (χ0n) is 13.4. The minimum atomic E-state index is -0.743. The molecule has 20 heavy (non-hydrogen) atoms. The Hall–Kier alpha value is -0.490. The largest absolute Gasteiger partial charge is 0.300 e. The van der Waals surface area contributed by atoms with Gasteiger partial charge in [0.15, 0.2) is 0 Å². The summed E-state index contributed by atoms with van der Waals surface area (Å²) in [6.45, 7) is 11.1. The van der Waals surface area contributed by atoms with Gasteiger partial charge in [0.25, 0.3) is 0 Å². The smallest absolute Gasteiger partial charge is 0.136 e. The number of ketones is 1. The van der Waals surface area contributed by atoms with Gasteiger partial charge < -0.3 is 0 Å². The molecule has 0 aromatic carbocycles. The third kappa shape index (κ3) is 2.30. The van der Waals surface area contributed by atoms with Crippen LogP contribution in [-0.2, 0) is 15.2 Å². The van der Waals surface area contributed by atoms with E-state index in [-0.39, 0.29) is 12.2 Å². The summed E-state index contributed by atoms with van der Waals surface area (Å²) < 4.78 is 0. The average molecular weight is 282 g/mol. The van der Waals surface area contributed by atoms with Gasteiger partial charge >= 0.3 is 0 Å². The van der Waals surface area contributed by atoms with Crippen molar-refractivity contribution in [2.45, 2.75) is 89.4 Å². The minimum Gasteiger partial charge on any atom is -0.300 e. The van der Waals surface area contributed by atoms with Crippen LogP contribution in [0.1, 0.15) is 67.2 Å². The van der Waals surface area contributed by atoms with E-state index in [1.54, 1.807) is 0 Å². The lowest BCUT2D eigenvalue weighted by Gasteiger charge is -2.60. The first-order valence-corrected chi connectivity index (χ1v) is 7.29. The molecule has 114 valence electrons. The predicted molar refractivity (Wildman–Crippen MR) is 73.5 cm³/mol. The summed E-state index contributed by atoms with van der Waals surface area (Å²) in [5.41, 5.74) is -2.71. The number of nitrogens with zero attached hydrogens (tertiary/aromatic N) is 2. The first-order chi connectivity index (χ1) is 8.82. The van der Waals surface area contributed by atoms with Crippen molar-refractivity contribution < 1.29 is 15.2 Å². The van der Waals surface area contributed by atoms with Crippen LogP contribution in [0.25, 0.3) is 0 Å². The molecule has 0 aliphatic carbocycles. The Bertz CT molecular complexity index is 411. The van der Waals surface area contributed by atoms with Gasteiger partial charge in [0.2, 0.25) is 0 Å². The standard InChI is InChI=1S/C15H26N2O3/c1-12(2)7-11(18)8-15(17(12)20)9-13(3,4)16(19)14(5,6)10-15/h7-10H2,1-6H3. The highest BCUT2D eigenvalue weighted by Gasteiger charge is 2.60. The number of rotatable bonds is 0. The highest BCUT2D eigenvalue weighted by molar-refractivity contribution is 5.82. The first-order valence-electron chi connectivity index (χ1n) is 7.29. The SMILES string of the molecule is CC1(C)CC2(CC(=O)CC(C)(C)N2[O])CC(C)(C)N1[O]. The Labute approximate surface area is 121 Å². The van der Waals surface area contributed by atoms with Crippen LogP contribution in [0.15, 0.2) is 0 Å². The topological polar surface area (TPSA) is 63.4 Å². The molecule has 2 fully saturated rings. The van der Waals surface area contributed by atoms with Gasteiger partial charge in [-0.2, -0.15) is 0 Å².